The molecule has 1 saturated heterocycles. The zero-order chi connectivity index (χ0) is 24.9. The Morgan fingerprint density at radius 2 is 2.14 bits per heavy atom. The lowest BCUT2D eigenvalue weighted by Gasteiger charge is -2.34. The minimum Gasteiger partial charge on any atom is -0.482 e. The number of morpholine rings is 1. The molecule has 11 heteroatoms. The van der Waals surface area contributed by atoms with Crippen LogP contribution in [0.1, 0.15) is 18.1 Å². The topological polar surface area (TPSA) is 153 Å². The fraction of sp³-hybridized carbons (Fsp3) is 0.333. The first kappa shape index (κ1) is 24.2. The van der Waals surface area contributed by atoms with Gasteiger partial charge in [-0.3, -0.25) is 14.6 Å². The van der Waals surface area contributed by atoms with Gasteiger partial charge in [-0.2, -0.15) is 0 Å². The number of carbonyl (C=O) groups is 3. The van der Waals surface area contributed by atoms with Crippen molar-refractivity contribution in [3.05, 3.63) is 53.6 Å². The first-order valence-electron chi connectivity index (χ1n) is 11.1. The molecule has 0 bridgehead atoms. The number of nitrogens with one attached hydrogen (secondary N) is 1. The third-order valence-corrected chi connectivity index (χ3v) is 5.54. The third kappa shape index (κ3) is 5.42. The van der Waals surface area contributed by atoms with Gasteiger partial charge in [-0.05, 0) is 42.8 Å². The Morgan fingerprint density at radius 3 is 2.94 bits per heavy atom. The van der Waals surface area contributed by atoms with E-state index in [2.05, 4.69) is 10.3 Å². The second-order valence-electron chi connectivity index (χ2n) is 7.88. The molecule has 4 N–H and O–H groups in total. The highest BCUT2D eigenvalue weighted by atomic mass is 16.6. The number of nitrogens with zero attached hydrogens (tertiary/aromatic N) is 2. The molecule has 2 aromatic carbocycles. The maximum absolute atomic E-state index is 13.1. The molecule has 2 unspecified atom stereocenters. The van der Waals surface area contributed by atoms with Crippen LogP contribution >= 0.6 is 0 Å². The number of amides is 2. The van der Waals surface area contributed by atoms with E-state index in [4.69, 9.17) is 19.9 Å². The van der Waals surface area contributed by atoms with E-state index >= 15 is 0 Å². The second-order valence-corrected chi connectivity index (χ2v) is 7.88. The van der Waals surface area contributed by atoms with Crippen LogP contribution in [0, 0.1) is 0 Å². The van der Waals surface area contributed by atoms with Crippen LogP contribution in [0.3, 0.4) is 0 Å². The smallest absolute Gasteiger partial charge is 0.344 e. The Kier molecular flexibility index (Phi) is 7.28. The number of fused-ring (bicyclic) bond motifs is 1. The summed E-state index contributed by atoms with van der Waals surface area (Å²) in [6, 6.07) is 11.7. The maximum Gasteiger partial charge on any atom is 0.344 e. The van der Waals surface area contributed by atoms with E-state index in [9.17, 15) is 19.5 Å². The lowest BCUT2D eigenvalue weighted by molar-refractivity contribution is -0.150. The molecule has 2 amide bonds. The molecule has 2 heterocycles. The summed E-state index contributed by atoms with van der Waals surface area (Å²) in [5.41, 5.74) is 8.40. The molecule has 2 atom stereocenters. The SMILES string of the molecule is CCOC(=O)COc1cccc(N2CCOC(C(O)C(=O)Nc3ccc4c(c3)CN=C4N)C2=O)c1. The summed E-state index contributed by atoms with van der Waals surface area (Å²) in [5, 5.41) is 13.2. The molecule has 0 aromatic heterocycles. The number of esters is 1. The van der Waals surface area contributed by atoms with Crippen LogP contribution in [0.4, 0.5) is 11.4 Å². The first-order chi connectivity index (χ1) is 16.9. The summed E-state index contributed by atoms with van der Waals surface area (Å²) in [7, 11) is 0. The minimum atomic E-state index is -1.73. The lowest BCUT2D eigenvalue weighted by Crippen LogP contribution is -2.55. The Morgan fingerprint density at radius 1 is 1.31 bits per heavy atom. The van der Waals surface area contributed by atoms with Crippen molar-refractivity contribution in [3.63, 3.8) is 0 Å². The predicted octanol–water partition coefficient (Wildman–Crippen LogP) is 0.579. The average molecular weight is 482 g/mol. The molecule has 35 heavy (non-hydrogen) atoms. The van der Waals surface area contributed by atoms with Crippen LogP contribution in [-0.2, 0) is 30.4 Å². The van der Waals surface area contributed by atoms with Gasteiger partial charge in [0.25, 0.3) is 11.8 Å². The normalized spacial score (nSPS) is 17.9. The molecule has 0 radical (unpaired) electrons. The summed E-state index contributed by atoms with van der Waals surface area (Å²) < 4.78 is 15.7. The number of hydrogen-bond acceptors (Lipinski definition) is 9. The van der Waals surface area contributed by atoms with Crippen LogP contribution in [0.5, 0.6) is 5.75 Å². The van der Waals surface area contributed by atoms with E-state index in [1.807, 2.05) is 0 Å². The number of carbonyl (C=O) groups excluding carboxylic acids is 3. The van der Waals surface area contributed by atoms with Crippen molar-refractivity contribution >= 4 is 35.0 Å². The van der Waals surface area contributed by atoms with Crippen molar-refractivity contribution in [1.82, 2.24) is 0 Å². The summed E-state index contributed by atoms with van der Waals surface area (Å²) in [6.45, 7) is 2.43. The van der Waals surface area contributed by atoms with Gasteiger partial charge < -0.3 is 35.3 Å². The number of ether oxygens (including phenoxy) is 3. The van der Waals surface area contributed by atoms with Gasteiger partial charge in [0.1, 0.15) is 11.6 Å². The molecule has 11 nitrogen and oxygen atoms in total. The van der Waals surface area contributed by atoms with E-state index in [-0.39, 0.29) is 26.4 Å². The Labute approximate surface area is 201 Å². The standard InChI is InChI=1S/C24H26N4O7/c1-2-33-19(29)13-35-17-5-3-4-16(11-17)28-8-9-34-21(24(28)32)20(30)23(31)27-15-6-7-18-14(10-15)12-26-22(18)25/h3-7,10-11,20-21,30H,2,8-9,12-13H2,1H3,(H2,25,26)(H,27,31). The highest BCUT2D eigenvalue weighted by Crippen LogP contribution is 2.26. The van der Waals surface area contributed by atoms with Crippen molar-refractivity contribution < 1.29 is 33.7 Å². The van der Waals surface area contributed by atoms with Crippen molar-refractivity contribution in [3.8, 4) is 5.75 Å². The van der Waals surface area contributed by atoms with Crippen molar-refractivity contribution in [2.75, 3.05) is 36.6 Å². The summed E-state index contributed by atoms with van der Waals surface area (Å²) in [6.07, 6.45) is -3.12. The lowest BCUT2D eigenvalue weighted by atomic mass is 10.1. The number of aliphatic hydroxyl groups excluding tert-OH is 1. The fourth-order valence-corrected chi connectivity index (χ4v) is 3.84. The Bertz CT molecular complexity index is 1170. The first-order valence-corrected chi connectivity index (χ1v) is 11.1. The molecule has 2 aliphatic heterocycles. The fourth-order valence-electron chi connectivity index (χ4n) is 3.84. The Hall–Kier alpha value is -3.96. The summed E-state index contributed by atoms with van der Waals surface area (Å²) >= 11 is 0. The van der Waals surface area contributed by atoms with Gasteiger partial charge in [0.05, 0.1) is 19.8 Å². The molecule has 2 aliphatic rings. The van der Waals surface area contributed by atoms with Gasteiger partial charge in [-0.25, -0.2) is 4.79 Å². The molecular formula is C24H26N4O7. The van der Waals surface area contributed by atoms with Gasteiger partial charge >= 0.3 is 5.97 Å². The number of amidine groups is 1. The molecule has 0 aliphatic carbocycles. The van der Waals surface area contributed by atoms with Crippen LogP contribution < -0.4 is 20.7 Å². The van der Waals surface area contributed by atoms with E-state index < -0.39 is 30.0 Å². The number of rotatable bonds is 8. The number of aliphatic imine (C=N–C) groups is 1. The monoisotopic (exact) mass is 482 g/mol. The van der Waals surface area contributed by atoms with Gasteiger partial charge in [0, 0.05) is 29.5 Å². The molecular weight excluding hydrogens is 456 g/mol. The highest BCUT2D eigenvalue weighted by molar-refractivity contribution is 6.05. The molecule has 0 spiro atoms. The number of benzene rings is 2. The van der Waals surface area contributed by atoms with E-state index in [1.54, 1.807) is 49.4 Å². The van der Waals surface area contributed by atoms with Crippen LogP contribution in [0.25, 0.3) is 0 Å². The van der Waals surface area contributed by atoms with E-state index in [0.717, 1.165) is 11.1 Å². The van der Waals surface area contributed by atoms with Crippen molar-refractivity contribution in [1.29, 1.82) is 0 Å². The van der Waals surface area contributed by atoms with Crippen LogP contribution in [0.15, 0.2) is 47.5 Å². The van der Waals surface area contributed by atoms with E-state index in [1.165, 1.54) is 4.90 Å². The van der Waals surface area contributed by atoms with Crippen LogP contribution in [0.2, 0.25) is 0 Å². The zero-order valence-corrected chi connectivity index (χ0v) is 19.1. The number of hydrogen-bond donors (Lipinski definition) is 3. The molecule has 4 rings (SSSR count). The Balaban J connectivity index is 1.41. The van der Waals surface area contributed by atoms with Crippen LogP contribution in [-0.4, -0.2) is 67.3 Å². The van der Waals surface area contributed by atoms with Crippen molar-refractivity contribution in [2.24, 2.45) is 10.7 Å². The van der Waals surface area contributed by atoms with Gasteiger partial charge in [-0.15, -0.1) is 0 Å². The summed E-state index contributed by atoms with van der Waals surface area (Å²) in [5.74, 6) is -1.05. The van der Waals surface area contributed by atoms with Gasteiger partial charge in [0.2, 0.25) is 0 Å². The molecule has 0 saturated carbocycles. The molecule has 1 fully saturated rings. The van der Waals surface area contributed by atoms with E-state index in [0.29, 0.717) is 29.5 Å². The summed E-state index contributed by atoms with van der Waals surface area (Å²) in [4.78, 5) is 42.9. The average Bonchev–Trinajstić information content (AvgIpc) is 3.22. The quantitative estimate of drug-likeness (QED) is 0.462. The second kappa shape index (κ2) is 10.5. The highest BCUT2D eigenvalue weighted by Gasteiger charge is 2.39. The number of aliphatic hydroxyl groups is 1. The third-order valence-electron chi connectivity index (χ3n) is 5.54. The zero-order valence-electron chi connectivity index (χ0n) is 19.1. The molecule has 2 aromatic rings. The number of anilines is 2. The number of nitrogens with two attached hydrogens (primary N) is 1. The molecule has 184 valence electrons. The van der Waals surface area contributed by atoms with Gasteiger partial charge in [-0.1, -0.05) is 6.07 Å². The maximum atomic E-state index is 13.1. The van der Waals surface area contributed by atoms with Crippen molar-refractivity contribution in [2.45, 2.75) is 25.7 Å². The van der Waals surface area contributed by atoms with Gasteiger partial charge in [0.15, 0.2) is 18.8 Å². The minimum absolute atomic E-state index is 0.115. The predicted molar refractivity (Wildman–Crippen MR) is 126 cm³/mol. The largest absolute Gasteiger partial charge is 0.482 e.